The molecule has 0 radical (unpaired) electrons. The number of sulfonamides is 1. The van der Waals surface area contributed by atoms with Crippen molar-refractivity contribution in [2.24, 2.45) is 0 Å². The number of benzene rings is 1. The van der Waals surface area contributed by atoms with E-state index in [0.29, 0.717) is 42.7 Å². The van der Waals surface area contributed by atoms with Crippen molar-refractivity contribution in [3.8, 4) is 22.8 Å². The van der Waals surface area contributed by atoms with Crippen LogP contribution in [-0.2, 0) is 10.0 Å². The molecule has 0 aliphatic carbocycles. The SMILES string of the molecule is COc1cc(OC)c(-c2cn3ccc(N4CCN(S(C)(=O)=O)CC4)cc3n2)cc1Cl. The Labute approximate surface area is 180 Å². The van der Waals surface area contributed by atoms with Crippen LogP contribution in [0.5, 0.6) is 11.5 Å². The van der Waals surface area contributed by atoms with Gasteiger partial charge in [-0.1, -0.05) is 11.6 Å². The van der Waals surface area contributed by atoms with Crippen LogP contribution in [0.15, 0.2) is 36.7 Å². The van der Waals surface area contributed by atoms with E-state index in [0.717, 1.165) is 22.6 Å². The van der Waals surface area contributed by atoms with Crippen molar-refractivity contribution >= 4 is 33.0 Å². The minimum Gasteiger partial charge on any atom is -0.496 e. The lowest BCUT2D eigenvalue weighted by Crippen LogP contribution is -2.48. The molecule has 0 N–H and O–H groups in total. The van der Waals surface area contributed by atoms with Crippen molar-refractivity contribution in [2.45, 2.75) is 0 Å². The summed E-state index contributed by atoms with van der Waals surface area (Å²) in [5, 5.41) is 0.481. The number of imidazole rings is 1. The molecular formula is C20H23ClN4O4S. The number of nitrogens with zero attached hydrogens (tertiary/aromatic N) is 4. The van der Waals surface area contributed by atoms with E-state index >= 15 is 0 Å². The fourth-order valence-electron chi connectivity index (χ4n) is 3.64. The van der Waals surface area contributed by atoms with Crippen LogP contribution in [0.1, 0.15) is 0 Å². The van der Waals surface area contributed by atoms with E-state index in [9.17, 15) is 8.42 Å². The summed E-state index contributed by atoms with van der Waals surface area (Å²) in [6, 6.07) is 7.53. The van der Waals surface area contributed by atoms with Crippen LogP contribution >= 0.6 is 11.6 Å². The van der Waals surface area contributed by atoms with Gasteiger partial charge < -0.3 is 18.8 Å². The fraction of sp³-hybridized carbons (Fsp3) is 0.350. The van der Waals surface area contributed by atoms with Crippen LogP contribution < -0.4 is 14.4 Å². The van der Waals surface area contributed by atoms with Gasteiger partial charge in [-0.25, -0.2) is 13.4 Å². The fourth-order valence-corrected chi connectivity index (χ4v) is 4.70. The predicted octanol–water partition coefficient (Wildman–Crippen LogP) is 2.75. The van der Waals surface area contributed by atoms with E-state index < -0.39 is 10.0 Å². The van der Waals surface area contributed by atoms with Crippen LogP contribution in [0.2, 0.25) is 5.02 Å². The third kappa shape index (κ3) is 3.92. The summed E-state index contributed by atoms with van der Waals surface area (Å²) >= 11 is 6.31. The molecule has 4 rings (SSSR count). The maximum absolute atomic E-state index is 11.7. The monoisotopic (exact) mass is 450 g/mol. The van der Waals surface area contributed by atoms with Gasteiger partial charge in [0.1, 0.15) is 17.1 Å². The van der Waals surface area contributed by atoms with Crippen molar-refractivity contribution in [2.75, 3.05) is 51.6 Å². The van der Waals surface area contributed by atoms with Crippen LogP contribution in [0.25, 0.3) is 16.9 Å². The van der Waals surface area contributed by atoms with Gasteiger partial charge in [0.05, 0.1) is 31.2 Å². The molecule has 3 heterocycles. The number of aromatic nitrogens is 2. The van der Waals surface area contributed by atoms with E-state index in [1.807, 2.05) is 28.9 Å². The van der Waals surface area contributed by atoms with Gasteiger partial charge in [0.2, 0.25) is 10.0 Å². The Morgan fingerprint density at radius 1 is 1.03 bits per heavy atom. The van der Waals surface area contributed by atoms with Crippen molar-refractivity contribution in [3.05, 3.63) is 41.7 Å². The van der Waals surface area contributed by atoms with Gasteiger partial charge in [0.25, 0.3) is 0 Å². The molecule has 0 atom stereocenters. The first kappa shape index (κ1) is 20.8. The van der Waals surface area contributed by atoms with E-state index in [2.05, 4.69) is 4.90 Å². The number of piperazine rings is 1. The van der Waals surface area contributed by atoms with Gasteiger partial charge in [-0.05, 0) is 12.1 Å². The molecule has 0 unspecified atom stereocenters. The number of rotatable bonds is 5. The summed E-state index contributed by atoms with van der Waals surface area (Å²) in [5.74, 6) is 1.16. The number of ether oxygens (including phenoxy) is 2. The van der Waals surface area contributed by atoms with Gasteiger partial charge in [-0.3, -0.25) is 0 Å². The summed E-state index contributed by atoms with van der Waals surface area (Å²) < 4.78 is 37.7. The molecule has 1 aliphatic rings. The standard InChI is InChI=1S/C20H23ClN4O4S/c1-28-18-12-19(29-2)16(21)11-15(18)17-13-24-5-4-14(10-20(24)22-17)23-6-8-25(9-7-23)30(3,26)27/h4-5,10-13H,6-9H2,1-3H3. The minimum atomic E-state index is -3.15. The summed E-state index contributed by atoms with van der Waals surface area (Å²) in [6.07, 6.45) is 5.11. The Kier molecular flexibility index (Phi) is 5.52. The van der Waals surface area contributed by atoms with Gasteiger partial charge in [0.15, 0.2) is 0 Å². The number of methoxy groups -OCH3 is 2. The van der Waals surface area contributed by atoms with Crippen molar-refractivity contribution in [3.63, 3.8) is 0 Å². The number of pyridine rings is 1. The highest BCUT2D eigenvalue weighted by Crippen LogP contribution is 2.38. The molecule has 10 heteroatoms. The molecular weight excluding hydrogens is 428 g/mol. The second-order valence-electron chi connectivity index (χ2n) is 7.11. The number of hydrogen-bond acceptors (Lipinski definition) is 6. The molecule has 1 saturated heterocycles. The highest BCUT2D eigenvalue weighted by atomic mass is 35.5. The molecule has 1 fully saturated rings. The van der Waals surface area contributed by atoms with Gasteiger partial charge in [0, 0.05) is 62.0 Å². The molecule has 3 aromatic rings. The van der Waals surface area contributed by atoms with Crippen molar-refractivity contribution in [1.29, 1.82) is 0 Å². The van der Waals surface area contributed by atoms with Crippen LogP contribution in [0, 0.1) is 0 Å². The average Bonchev–Trinajstić information content (AvgIpc) is 3.16. The van der Waals surface area contributed by atoms with Gasteiger partial charge in [-0.15, -0.1) is 0 Å². The van der Waals surface area contributed by atoms with Crippen LogP contribution in [0.4, 0.5) is 5.69 Å². The maximum atomic E-state index is 11.7. The Morgan fingerprint density at radius 2 is 1.73 bits per heavy atom. The van der Waals surface area contributed by atoms with Gasteiger partial charge in [-0.2, -0.15) is 4.31 Å². The zero-order valence-electron chi connectivity index (χ0n) is 17.0. The zero-order valence-corrected chi connectivity index (χ0v) is 18.6. The molecule has 0 amide bonds. The average molecular weight is 451 g/mol. The Balaban J connectivity index is 1.63. The lowest BCUT2D eigenvalue weighted by atomic mass is 10.1. The molecule has 30 heavy (non-hydrogen) atoms. The normalized spacial score (nSPS) is 15.5. The first-order valence-corrected chi connectivity index (χ1v) is 11.6. The second kappa shape index (κ2) is 7.98. The molecule has 2 aromatic heterocycles. The molecule has 0 bridgehead atoms. The number of fused-ring (bicyclic) bond motifs is 1. The topological polar surface area (TPSA) is 76.4 Å². The number of anilines is 1. The third-order valence-electron chi connectivity index (χ3n) is 5.27. The van der Waals surface area contributed by atoms with E-state index in [-0.39, 0.29) is 0 Å². The first-order chi connectivity index (χ1) is 14.3. The summed E-state index contributed by atoms with van der Waals surface area (Å²) in [6.45, 7) is 2.23. The smallest absolute Gasteiger partial charge is 0.211 e. The van der Waals surface area contributed by atoms with Crippen LogP contribution in [-0.4, -0.2) is 68.8 Å². The second-order valence-corrected chi connectivity index (χ2v) is 9.50. The quantitative estimate of drug-likeness (QED) is 0.595. The molecule has 1 aromatic carbocycles. The molecule has 0 spiro atoms. The lowest BCUT2D eigenvalue weighted by molar-refractivity contribution is 0.388. The van der Waals surface area contributed by atoms with E-state index in [1.165, 1.54) is 10.6 Å². The maximum Gasteiger partial charge on any atom is 0.211 e. The highest BCUT2D eigenvalue weighted by molar-refractivity contribution is 7.88. The van der Waals surface area contributed by atoms with E-state index in [1.54, 1.807) is 26.4 Å². The molecule has 0 saturated carbocycles. The first-order valence-electron chi connectivity index (χ1n) is 9.41. The minimum absolute atomic E-state index is 0.477. The Morgan fingerprint density at radius 3 is 2.37 bits per heavy atom. The molecule has 160 valence electrons. The summed E-state index contributed by atoms with van der Waals surface area (Å²) in [4.78, 5) is 6.92. The Bertz CT molecular complexity index is 1190. The molecule has 8 nitrogen and oxygen atoms in total. The highest BCUT2D eigenvalue weighted by Gasteiger charge is 2.24. The summed E-state index contributed by atoms with van der Waals surface area (Å²) in [5.41, 5.74) is 3.29. The van der Waals surface area contributed by atoms with E-state index in [4.69, 9.17) is 26.1 Å². The third-order valence-corrected chi connectivity index (χ3v) is 6.87. The largest absolute Gasteiger partial charge is 0.496 e. The zero-order chi connectivity index (χ0) is 21.5. The van der Waals surface area contributed by atoms with Crippen molar-refractivity contribution in [1.82, 2.24) is 13.7 Å². The lowest BCUT2D eigenvalue weighted by Gasteiger charge is -2.34. The Hall–Kier alpha value is -2.49. The van der Waals surface area contributed by atoms with Gasteiger partial charge >= 0.3 is 0 Å². The number of halogens is 1. The van der Waals surface area contributed by atoms with Crippen molar-refractivity contribution < 1.29 is 17.9 Å². The van der Waals surface area contributed by atoms with Crippen LogP contribution in [0.3, 0.4) is 0 Å². The molecule has 1 aliphatic heterocycles. The predicted molar refractivity (Wildman–Crippen MR) is 117 cm³/mol. The number of hydrogen-bond donors (Lipinski definition) is 0. The summed E-state index contributed by atoms with van der Waals surface area (Å²) in [7, 11) is 0.00143.